The predicted molar refractivity (Wildman–Crippen MR) is 107 cm³/mol. The average Bonchev–Trinajstić information content (AvgIpc) is 3.45. The molecule has 1 saturated carbocycles. The van der Waals surface area contributed by atoms with Crippen LogP contribution in [0.2, 0.25) is 0 Å². The molecule has 6 heteroatoms. The van der Waals surface area contributed by atoms with Crippen molar-refractivity contribution >= 4 is 5.91 Å². The fourth-order valence-corrected chi connectivity index (χ4v) is 4.11. The number of benzene rings is 1. The molecule has 1 N–H and O–H groups in total. The molecule has 1 aromatic carbocycles. The predicted octanol–water partition coefficient (Wildman–Crippen LogP) is 3.80. The summed E-state index contributed by atoms with van der Waals surface area (Å²) in [5.74, 6) is 0.793. The number of aromatic amines is 1. The number of aromatic nitrogens is 2. The van der Waals surface area contributed by atoms with E-state index in [1.54, 1.807) is 0 Å². The summed E-state index contributed by atoms with van der Waals surface area (Å²) in [6, 6.07) is 8.93. The summed E-state index contributed by atoms with van der Waals surface area (Å²) in [6.45, 7) is 7.56. The van der Waals surface area contributed by atoms with Crippen LogP contribution in [0.25, 0.3) is 0 Å². The molecule has 28 heavy (non-hydrogen) atoms. The maximum Gasteiger partial charge on any atom is 0.274 e. The van der Waals surface area contributed by atoms with Crippen molar-refractivity contribution in [3.63, 3.8) is 0 Å². The Labute approximate surface area is 165 Å². The third kappa shape index (κ3) is 4.27. The second kappa shape index (κ2) is 8.03. The van der Waals surface area contributed by atoms with Gasteiger partial charge in [-0.05, 0) is 48.9 Å². The molecule has 0 radical (unpaired) electrons. The Kier molecular flexibility index (Phi) is 5.49. The van der Waals surface area contributed by atoms with Crippen molar-refractivity contribution in [3.05, 3.63) is 53.1 Å². The zero-order valence-electron chi connectivity index (χ0n) is 16.7. The highest BCUT2D eigenvalue weighted by molar-refractivity contribution is 5.92. The van der Waals surface area contributed by atoms with Crippen LogP contribution in [0.15, 0.2) is 30.3 Å². The van der Waals surface area contributed by atoms with Crippen LogP contribution in [-0.2, 0) is 6.54 Å². The molecule has 1 aliphatic heterocycles. The van der Waals surface area contributed by atoms with Crippen molar-refractivity contribution in [2.45, 2.75) is 51.6 Å². The second-order valence-electron chi connectivity index (χ2n) is 8.50. The minimum absolute atomic E-state index is 0.0254. The fourth-order valence-electron chi connectivity index (χ4n) is 4.11. The van der Waals surface area contributed by atoms with Crippen molar-refractivity contribution in [1.29, 1.82) is 0 Å². The van der Waals surface area contributed by atoms with Crippen LogP contribution < -0.4 is 0 Å². The highest BCUT2D eigenvalue weighted by atomic mass is 19.1. The molecule has 1 atom stereocenters. The number of rotatable bonds is 5. The summed E-state index contributed by atoms with van der Waals surface area (Å²) in [5, 5.41) is 7.33. The van der Waals surface area contributed by atoms with E-state index >= 15 is 0 Å². The van der Waals surface area contributed by atoms with E-state index in [2.05, 4.69) is 28.9 Å². The van der Waals surface area contributed by atoms with Crippen LogP contribution in [0.3, 0.4) is 0 Å². The zero-order valence-corrected chi connectivity index (χ0v) is 16.7. The molecule has 5 nitrogen and oxygen atoms in total. The van der Waals surface area contributed by atoms with E-state index in [1.165, 1.54) is 25.0 Å². The molecule has 2 heterocycles. The molecule has 0 spiro atoms. The minimum Gasteiger partial charge on any atom is -0.336 e. The van der Waals surface area contributed by atoms with Crippen molar-refractivity contribution in [3.8, 4) is 0 Å². The fraction of sp³-hybridized carbons (Fsp3) is 0.545. The zero-order chi connectivity index (χ0) is 19.7. The summed E-state index contributed by atoms with van der Waals surface area (Å²) in [7, 11) is 0. The van der Waals surface area contributed by atoms with E-state index in [9.17, 15) is 9.18 Å². The van der Waals surface area contributed by atoms with Gasteiger partial charge in [0.05, 0.1) is 0 Å². The van der Waals surface area contributed by atoms with Crippen LogP contribution in [0, 0.1) is 11.7 Å². The Morgan fingerprint density at radius 3 is 2.68 bits per heavy atom. The molecule has 1 amide bonds. The first-order valence-electron chi connectivity index (χ1n) is 10.3. The van der Waals surface area contributed by atoms with Crippen LogP contribution in [0.5, 0.6) is 0 Å². The van der Waals surface area contributed by atoms with E-state index < -0.39 is 0 Å². The summed E-state index contributed by atoms with van der Waals surface area (Å²) in [4.78, 5) is 17.5. The molecule has 1 saturated heterocycles. The summed E-state index contributed by atoms with van der Waals surface area (Å²) in [5.41, 5.74) is 2.74. The van der Waals surface area contributed by atoms with Crippen molar-refractivity contribution in [1.82, 2.24) is 20.0 Å². The number of carbonyl (C=O) groups excluding carboxylic acids is 1. The Hall–Kier alpha value is -2.21. The topological polar surface area (TPSA) is 52.2 Å². The first kappa shape index (κ1) is 19.1. The number of amides is 1. The van der Waals surface area contributed by atoms with Gasteiger partial charge in [-0.2, -0.15) is 5.10 Å². The van der Waals surface area contributed by atoms with Gasteiger partial charge in [0.25, 0.3) is 5.91 Å². The maximum atomic E-state index is 13.2. The lowest BCUT2D eigenvalue weighted by molar-refractivity contribution is 0.0696. The largest absolute Gasteiger partial charge is 0.336 e. The number of H-pyrrole nitrogens is 1. The highest BCUT2D eigenvalue weighted by Gasteiger charge is 2.32. The second-order valence-corrected chi connectivity index (χ2v) is 8.50. The van der Waals surface area contributed by atoms with Crippen LogP contribution >= 0.6 is 0 Å². The van der Waals surface area contributed by atoms with Gasteiger partial charge in [0.15, 0.2) is 0 Å². The lowest BCUT2D eigenvalue weighted by Crippen LogP contribution is -2.45. The van der Waals surface area contributed by atoms with E-state index in [-0.39, 0.29) is 17.8 Å². The third-order valence-electron chi connectivity index (χ3n) is 5.94. The molecule has 2 aliphatic rings. The summed E-state index contributed by atoms with van der Waals surface area (Å²) < 4.78 is 13.2. The molecular weight excluding hydrogens is 355 g/mol. The first-order chi connectivity index (χ1) is 13.5. The van der Waals surface area contributed by atoms with Gasteiger partial charge in [-0.15, -0.1) is 0 Å². The number of nitrogens with zero attached hydrogens (tertiary/aromatic N) is 3. The van der Waals surface area contributed by atoms with Crippen molar-refractivity contribution < 1.29 is 9.18 Å². The van der Waals surface area contributed by atoms with Gasteiger partial charge >= 0.3 is 0 Å². The SMILES string of the molecule is CC(C)[C@@H]1CN(C(=O)c2cc(C3CC3)[nH]n2)CCCN1Cc1ccc(F)cc1. The number of carbonyl (C=O) groups is 1. The molecule has 2 fully saturated rings. The lowest BCUT2D eigenvalue weighted by Gasteiger charge is -2.34. The Balaban J connectivity index is 1.47. The van der Waals surface area contributed by atoms with Crippen LogP contribution in [0.4, 0.5) is 4.39 Å². The van der Waals surface area contributed by atoms with Gasteiger partial charge in [-0.3, -0.25) is 14.8 Å². The van der Waals surface area contributed by atoms with Gasteiger partial charge in [0.1, 0.15) is 11.5 Å². The Morgan fingerprint density at radius 1 is 1.25 bits per heavy atom. The smallest absolute Gasteiger partial charge is 0.274 e. The number of hydrogen-bond donors (Lipinski definition) is 1. The van der Waals surface area contributed by atoms with Gasteiger partial charge in [0.2, 0.25) is 0 Å². The number of hydrogen-bond acceptors (Lipinski definition) is 3. The quantitative estimate of drug-likeness (QED) is 0.853. The normalized spacial score (nSPS) is 21.1. The van der Waals surface area contributed by atoms with Gasteiger partial charge in [-0.1, -0.05) is 26.0 Å². The summed E-state index contributed by atoms with van der Waals surface area (Å²) >= 11 is 0. The lowest BCUT2D eigenvalue weighted by atomic mass is 10.0. The molecule has 4 rings (SSSR count). The first-order valence-corrected chi connectivity index (χ1v) is 10.3. The molecule has 0 bridgehead atoms. The molecular formula is C22H29FN4O. The average molecular weight is 384 g/mol. The highest BCUT2D eigenvalue weighted by Crippen LogP contribution is 2.39. The minimum atomic E-state index is -0.207. The van der Waals surface area contributed by atoms with Gasteiger partial charge < -0.3 is 4.90 Å². The van der Waals surface area contributed by atoms with Crippen molar-refractivity contribution in [2.24, 2.45) is 5.92 Å². The number of nitrogens with one attached hydrogen (secondary N) is 1. The van der Waals surface area contributed by atoms with Crippen molar-refractivity contribution in [2.75, 3.05) is 19.6 Å². The standard InChI is InChI=1S/C22H29FN4O/c1-15(2)21-14-27(22(28)20-12-19(24-25-20)17-6-7-17)11-3-10-26(21)13-16-4-8-18(23)9-5-16/h4-5,8-9,12,15,17,21H,3,6-7,10-11,13-14H2,1-2H3,(H,24,25)/t21-/m0/s1. The molecule has 1 aromatic heterocycles. The molecule has 2 aromatic rings. The Morgan fingerprint density at radius 2 is 2.00 bits per heavy atom. The van der Waals surface area contributed by atoms with Gasteiger partial charge in [0, 0.05) is 43.8 Å². The summed E-state index contributed by atoms with van der Waals surface area (Å²) in [6.07, 6.45) is 3.30. The van der Waals surface area contributed by atoms with Crippen LogP contribution in [0.1, 0.15) is 60.8 Å². The molecule has 1 aliphatic carbocycles. The maximum absolute atomic E-state index is 13.2. The van der Waals surface area contributed by atoms with E-state index in [0.29, 0.717) is 24.1 Å². The van der Waals surface area contributed by atoms with E-state index in [0.717, 1.165) is 37.3 Å². The monoisotopic (exact) mass is 384 g/mol. The number of halogens is 1. The van der Waals surface area contributed by atoms with Gasteiger partial charge in [-0.25, -0.2) is 4.39 Å². The van der Waals surface area contributed by atoms with Crippen LogP contribution in [-0.4, -0.2) is 51.6 Å². The molecule has 150 valence electrons. The Bertz CT molecular complexity index is 812. The third-order valence-corrected chi connectivity index (χ3v) is 5.94. The van der Waals surface area contributed by atoms with E-state index in [1.807, 2.05) is 23.1 Å². The molecule has 0 unspecified atom stereocenters. The van der Waals surface area contributed by atoms with E-state index in [4.69, 9.17) is 0 Å².